The van der Waals surface area contributed by atoms with Gasteiger partial charge in [-0.1, -0.05) is 54.1 Å². The molecule has 1 saturated heterocycles. The van der Waals surface area contributed by atoms with Crippen LogP contribution in [0.1, 0.15) is 17.2 Å². The summed E-state index contributed by atoms with van der Waals surface area (Å²) >= 11 is 0. The summed E-state index contributed by atoms with van der Waals surface area (Å²) in [5.41, 5.74) is 1.17. The van der Waals surface area contributed by atoms with Gasteiger partial charge >= 0.3 is 6.18 Å². The Morgan fingerprint density at radius 3 is 2.15 bits per heavy atom. The fraction of sp³-hybridized carbons (Fsp3) is 0.200. The molecule has 0 amide bonds. The molecule has 0 N–H and O–H groups in total. The van der Waals surface area contributed by atoms with Gasteiger partial charge in [-0.2, -0.15) is 17.5 Å². The molecule has 0 saturated carbocycles. The highest BCUT2D eigenvalue weighted by molar-refractivity contribution is 7.89. The van der Waals surface area contributed by atoms with E-state index in [-0.39, 0.29) is 4.90 Å². The Hall–Kier alpha value is -2.38. The highest BCUT2D eigenvalue weighted by Crippen LogP contribution is 2.54. The average Bonchev–Trinajstić information content (AvgIpc) is 3.39. The molecule has 3 unspecified atom stereocenters. The number of fused-ring (bicyclic) bond motifs is 1. The lowest BCUT2D eigenvalue weighted by molar-refractivity contribution is -0.134. The first-order chi connectivity index (χ1) is 12.7. The van der Waals surface area contributed by atoms with Gasteiger partial charge in [-0.15, -0.1) is 0 Å². The minimum absolute atomic E-state index is 0.134. The normalized spacial score (nSPS) is 22.7. The van der Waals surface area contributed by atoms with Crippen molar-refractivity contribution >= 4 is 20.8 Å². The van der Waals surface area contributed by atoms with E-state index in [9.17, 15) is 21.6 Å². The average molecular weight is 391 g/mol. The summed E-state index contributed by atoms with van der Waals surface area (Å²) < 4.78 is 66.9. The topological polar surface area (TPSA) is 37.1 Å². The van der Waals surface area contributed by atoms with Crippen LogP contribution >= 0.6 is 0 Å². The maximum atomic E-state index is 13.5. The Morgan fingerprint density at radius 1 is 0.889 bits per heavy atom. The molecule has 3 nitrogen and oxygen atoms in total. The third-order valence-electron chi connectivity index (χ3n) is 4.80. The van der Waals surface area contributed by atoms with Crippen LogP contribution in [0.15, 0.2) is 71.6 Å². The van der Waals surface area contributed by atoms with Crippen LogP contribution < -0.4 is 0 Å². The van der Waals surface area contributed by atoms with E-state index in [1.807, 2.05) is 12.1 Å². The Bertz CT molecular complexity index is 1110. The molecular formula is C20H16F3NO2S. The molecule has 3 aromatic carbocycles. The predicted octanol–water partition coefficient (Wildman–Crippen LogP) is 4.82. The summed E-state index contributed by atoms with van der Waals surface area (Å²) in [5, 5.41) is 1.66. The van der Waals surface area contributed by atoms with Crippen molar-refractivity contribution in [1.29, 1.82) is 0 Å². The Labute approximate surface area is 155 Å². The van der Waals surface area contributed by atoms with Crippen molar-refractivity contribution in [3.8, 4) is 0 Å². The molecule has 0 bridgehead atoms. The minimum atomic E-state index is -4.64. The molecule has 27 heavy (non-hydrogen) atoms. The van der Waals surface area contributed by atoms with Gasteiger partial charge in [0.2, 0.25) is 10.0 Å². The molecule has 3 aromatic rings. The zero-order chi connectivity index (χ0) is 19.4. The third kappa shape index (κ3) is 3.11. The first-order valence-corrected chi connectivity index (χ1v) is 9.79. The maximum absolute atomic E-state index is 13.5. The lowest BCUT2D eigenvalue weighted by Crippen LogP contribution is -2.24. The number of alkyl halides is 3. The van der Waals surface area contributed by atoms with Gasteiger partial charge in [0.05, 0.1) is 10.9 Å². The van der Waals surface area contributed by atoms with Crippen LogP contribution in [-0.4, -0.2) is 24.9 Å². The molecule has 3 atom stereocenters. The van der Waals surface area contributed by atoms with Crippen molar-refractivity contribution in [3.63, 3.8) is 0 Å². The SMILES string of the molecule is Cc1ccc(S(=O)(=O)N2C(c3ccc4ccccc4c3)C2C(F)(F)F)cc1. The maximum Gasteiger partial charge on any atom is 0.407 e. The highest BCUT2D eigenvalue weighted by Gasteiger charge is 2.68. The van der Waals surface area contributed by atoms with E-state index in [0.29, 0.717) is 9.87 Å². The van der Waals surface area contributed by atoms with Crippen molar-refractivity contribution in [2.45, 2.75) is 30.1 Å². The second kappa shape index (κ2) is 6.07. The predicted molar refractivity (Wildman–Crippen MR) is 96.7 cm³/mol. The van der Waals surface area contributed by atoms with Crippen LogP contribution in [0.3, 0.4) is 0 Å². The zero-order valence-corrected chi connectivity index (χ0v) is 15.1. The molecule has 0 aromatic heterocycles. The molecule has 140 valence electrons. The number of sulfonamides is 1. The number of aryl methyl sites for hydroxylation is 1. The molecular weight excluding hydrogens is 375 g/mol. The van der Waals surface area contributed by atoms with Crippen molar-refractivity contribution in [1.82, 2.24) is 4.31 Å². The monoisotopic (exact) mass is 391 g/mol. The van der Waals surface area contributed by atoms with Crippen molar-refractivity contribution in [3.05, 3.63) is 77.9 Å². The minimum Gasteiger partial charge on any atom is -0.207 e. The number of rotatable bonds is 3. The highest BCUT2D eigenvalue weighted by atomic mass is 32.2. The third-order valence-corrected chi connectivity index (χ3v) is 6.68. The molecule has 1 aliphatic heterocycles. The first kappa shape index (κ1) is 18.0. The quantitative estimate of drug-likeness (QED) is 0.600. The van der Waals surface area contributed by atoms with Gasteiger partial charge in [-0.25, -0.2) is 8.42 Å². The summed E-state index contributed by atoms with van der Waals surface area (Å²) in [4.78, 5) is -0.134. The van der Waals surface area contributed by atoms with Crippen LogP contribution in [0.25, 0.3) is 10.8 Å². The van der Waals surface area contributed by atoms with Crippen LogP contribution in [0.4, 0.5) is 13.2 Å². The van der Waals surface area contributed by atoms with Crippen LogP contribution in [-0.2, 0) is 10.0 Å². The molecule has 1 aliphatic rings. The summed E-state index contributed by atoms with van der Waals surface area (Å²) in [6.07, 6.45) is -4.64. The number of nitrogens with zero attached hydrogens (tertiary/aromatic N) is 1. The fourth-order valence-corrected chi connectivity index (χ4v) is 5.13. The van der Waals surface area contributed by atoms with Crippen molar-refractivity contribution < 1.29 is 21.6 Å². The second-order valence-corrected chi connectivity index (χ2v) is 8.53. The van der Waals surface area contributed by atoms with Gasteiger partial charge in [0.25, 0.3) is 0 Å². The van der Waals surface area contributed by atoms with Crippen LogP contribution in [0.2, 0.25) is 0 Å². The van der Waals surface area contributed by atoms with Crippen molar-refractivity contribution in [2.24, 2.45) is 0 Å². The molecule has 0 radical (unpaired) electrons. The van der Waals surface area contributed by atoms with E-state index in [2.05, 4.69) is 0 Å². The standard InChI is InChI=1S/C20H16F3NO2S/c1-13-6-10-17(11-7-13)27(25,26)24-18(19(24)20(21,22)23)16-9-8-14-4-2-3-5-15(14)12-16/h2-12,18-19H,1H3. The largest absolute Gasteiger partial charge is 0.407 e. The van der Waals surface area contributed by atoms with E-state index in [0.717, 1.165) is 16.3 Å². The van der Waals surface area contributed by atoms with Crippen molar-refractivity contribution in [2.75, 3.05) is 0 Å². The van der Waals surface area contributed by atoms with Gasteiger partial charge in [0.15, 0.2) is 0 Å². The molecule has 0 spiro atoms. The molecule has 4 rings (SSSR count). The van der Waals surface area contributed by atoms with Crippen LogP contribution in [0.5, 0.6) is 0 Å². The van der Waals surface area contributed by atoms with Gasteiger partial charge in [0, 0.05) is 0 Å². The molecule has 1 heterocycles. The van der Waals surface area contributed by atoms with E-state index in [1.54, 1.807) is 49.4 Å². The Balaban J connectivity index is 1.77. The van der Waals surface area contributed by atoms with Crippen LogP contribution in [0, 0.1) is 6.92 Å². The summed E-state index contributed by atoms with van der Waals surface area (Å²) in [6, 6.07) is 14.7. The summed E-state index contributed by atoms with van der Waals surface area (Å²) in [5.74, 6) is 0. The number of benzene rings is 3. The Morgan fingerprint density at radius 2 is 1.52 bits per heavy atom. The second-order valence-electron chi connectivity index (χ2n) is 6.69. The van der Waals surface area contributed by atoms with Gasteiger partial charge in [-0.05, 0) is 41.5 Å². The number of hydrogen-bond donors (Lipinski definition) is 0. The lowest BCUT2D eigenvalue weighted by Gasteiger charge is -2.08. The van der Waals surface area contributed by atoms with E-state index in [4.69, 9.17) is 0 Å². The van der Waals surface area contributed by atoms with E-state index < -0.39 is 28.3 Å². The molecule has 0 aliphatic carbocycles. The van der Waals surface area contributed by atoms with Gasteiger partial charge in [-0.3, -0.25) is 0 Å². The van der Waals surface area contributed by atoms with E-state index in [1.165, 1.54) is 12.1 Å². The lowest BCUT2D eigenvalue weighted by atomic mass is 10.0. The smallest absolute Gasteiger partial charge is 0.207 e. The Kier molecular flexibility index (Phi) is 4.05. The molecule has 7 heteroatoms. The molecule has 1 fully saturated rings. The van der Waals surface area contributed by atoms with E-state index >= 15 is 0 Å². The number of halogens is 3. The summed E-state index contributed by atoms with van der Waals surface area (Å²) in [7, 11) is -4.25. The fourth-order valence-electron chi connectivity index (χ4n) is 3.39. The number of hydrogen-bond acceptors (Lipinski definition) is 2. The summed E-state index contributed by atoms with van der Waals surface area (Å²) in [6.45, 7) is 1.78. The first-order valence-electron chi connectivity index (χ1n) is 8.35. The van der Waals surface area contributed by atoms with Gasteiger partial charge < -0.3 is 0 Å². The zero-order valence-electron chi connectivity index (χ0n) is 14.3. The van der Waals surface area contributed by atoms with Gasteiger partial charge in [0.1, 0.15) is 6.04 Å².